The SMILES string of the molecule is CC(c1ccc(-n2cncn2)cc1)N(C)Cc1cc(C#N)ccc1F. The van der Waals surface area contributed by atoms with Crippen LogP contribution in [0.5, 0.6) is 0 Å². The lowest BCUT2D eigenvalue weighted by molar-refractivity contribution is 0.249. The van der Waals surface area contributed by atoms with Crippen LogP contribution in [0.2, 0.25) is 0 Å². The predicted octanol–water partition coefficient (Wildman–Crippen LogP) is 3.47. The van der Waals surface area contributed by atoms with Crippen LogP contribution in [-0.4, -0.2) is 26.7 Å². The van der Waals surface area contributed by atoms with E-state index in [-0.39, 0.29) is 11.9 Å². The molecule has 3 aromatic rings. The normalized spacial score (nSPS) is 12.1. The quantitative estimate of drug-likeness (QED) is 0.716. The molecule has 0 aliphatic rings. The third kappa shape index (κ3) is 3.73. The highest BCUT2D eigenvalue weighted by Gasteiger charge is 2.14. The van der Waals surface area contributed by atoms with E-state index in [1.54, 1.807) is 17.1 Å². The van der Waals surface area contributed by atoms with E-state index in [1.807, 2.05) is 42.3 Å². The van der Waals surface area contributed by atoms with Crippen molar-refractivity contribution in [1.29, 1.82) is 5.26 Å². The van der Waals surface area contributed by atoms with Gasteiger partial charge in [-0.25, -0.2) is 14.1 Å². The van der Waals surface area contributed by atoms with E-state index in [0.29, 0.717) is 17.7 Å². The van der Waals surface area contributed by atoms with Gasteiger partial charge in [-0.1, -0.05) is 12.1 Å². The molecule has 0 aliphatic carbocycles. The molecule has 1 heterocycles. The van der Waals surface area contributed by atoms with Crippen molar-refractivity contribution in [3.63, 3.8) is 0 Å². The Kier molecular flexibility index (Phi) is 4.87. The summed E-state index contributed by atoms with van der Waals surface area (Å²) in [4.78, 5) is 5.98. The molecule has 0 saturated carbocycles. The molecule has 0 radical (unpaired) electrons. The Morgan fingerprint density at radius 3 is 2.64 bits per heavy atom. The summed E-state index contributed by atoms with van der Waals surface area (Å²) in [5.41, 5.74) is 3.04. The van der Waals surface area contributed by atoms with Gasteiger partial charge in [-0.3, -0.25) is 4.90 Å². The Morgan fingerprint density at radius 2 is 2.00 bits per heavy atom. The van der Waals surface area contributed by atoms with Crippen molar-refractivity contribution in [2.75, 3.05) is 7.05 Å². The first-order valence-electron chi connectivity index (χ1n) is 7.92. The van der Waals surface area contributed by atoms with E-state index in [2.05, 4.69) is 17.0 Å². The first-order chi connectivity index (χ1) is 12.1. The van der Waals surface area contributed by atoms with E-state index < -0.39 is 0 Å². The molecule has 25 heavy (non-hydrogen) atoms. The molecule has 0 bridgehead atoms. The zero-order valence-electron chi connectivity index (χ0n) is 14.1. The number of nitrogens with zero attached hydrogens (tertiary/aromatic N) is 5. The highest BCUT2D eigenvalue weighted by atomic mass is 19.1. The minimum Gasteiger partial charge on any atom is -0.295 e. The van der Waals surface area contributed by atoms with Gasteiger partial charge in [0.1, 0.15) is 18.5 Å². The van der Waals surface area contributed by atoms with Crippen molar-refractivity contribution in [2.24, 2.45) is 0 Å². The number of nitriles is 1. The smallest absolute Gasteiger partial charge is 0.138 e. The van der Waals surface area contributed by atoms with Gasteiger partial charge in [0.25, 0.3) is 0 Å². The molecule has 126 valence electrons. The first kappa shape index (κ1) is 16.8. The second kappa shape index (κ2) is 7.24. The van der Waals surface area contributed by atoms with Gasteiger partial charge in [0.15, 0.2) is 0 Å². The number of rotatable bonds is 5. The summed E-state index contributed by atoms with van der Waals surface area (Å²) in [6.07, 6.45) is 3.14. The van der Waals surface area contributed by atoms with Crippen LogP contribution in [0.4, 0.5) is 4.39 Å². The van der Waals surface area contributed by atoms with Crippen LogP contribution in [0.15, 0.2) is 55.1 Å². The summed E-state index contributed by atoms with van der Waals surface area (Å²) in [6.45, 7) is 2.49. The van der Waals surface area contributed by atoms with Crippen LogP contribution < -0.4 is 0 Å². The molecule has 6 heteroatoms. The molecule has 0 spiro atoms. The topological polar surface area (TPSA) is 57.7 Å². The number of halogens is 1. The largest absolute Gasteiger partial charge is 0.295 e. The maximum absolute atomic E-state index is 14.0. The molecule has 2 aromatic carbocycles. The third-order valence-electron chi connectivity index (χ3n) is 4.31. The molecule has 1 aromatic heterocycles. The van der Waals surface area contributed by atoms with Crippen molar-refractivity contribution in [3.05, 3.63) is 77.6 Å². The monoisotopic (exact) mass is 335 g/mol. The molecule has 0 fully saturated rings. The van der Waals surface area contributed by atoms with Crippen LogP contribution in [0.3, 0.4) is 0 Å². The van der Waals surface area contributed by atoms with Crippen LogP contribution in [-0.2, 0) is 6.54 Å². The van der Waals surface area contributed by atoms with Gasteiger partial charge >= 0.3 is 0 Å². The highest BCUT2D eigenvalue weighted by Crippen LogP contribution is 2.23. The fourth-order valence-electron chi connectivity index (χ4n) is 2.67. The Morgan fingerprint density at radius 1 is 1.24 bits per heavy atom. The molecule has 0 N–H and O–H groups in total. The predicted molar refractivity (Wildman–Crippen MR) is 92.4 cm³/mol. The Labute approximate surface area is 146 Å². The van der Waals surface area contributed by atoms with Crippen molar-refractivity contribution in [2.45, 2.75) is 19.5 Å². The average Bonchev–Trinajstić information content (AvgIpc) is 3.17. The summed E-state index contributed by atoms with van der Waals surface area (Å²) in [6, 6.07) is 14.6. The fourth-order valence-corrected chi connectivity index (χ4v) is 2.67. The summed E-state index contributed by atoms with van der Waals surface area (Å²) in [5, 5.41) is 13.1. The number of hydrogen-bond donors (Lipinski definition) is 0. The standard InChI is InChI=1S/C19H18FN5/c1-14(16-4-6-18(7-5-16)25-13-22-12-23-25)24(2)11-17-9-15(10-21)3-8-19(17)20/h3-9,12-14H,11H2,1-2H3. The number of hydrogen-bond acceptors (Lipinski definition) is 4. The average molecular weight is 335 g/mol. The van der Waals surface area contributed by atoms with Crippen LogP contribution >= 0.6 is 0 Å². The minimum atomic E-state index is -0.292. The molecule has 1 unspecified atom stereocenters. The van der Waals surface area contributed by atoms with E-state index in [0.717, 1.165) is 11.3 Å². The van der Waals surface area contributed by atoms with Gasteiger partial charge in [-0.2, -0.15) is 10.4 Å². The van der Waals surface area contributed by atoms with Gasteiger partial charge in [0, 0.05) is 18.2 Å². The van der Waals surface area contributed by atoms with Gasteiger partial charge in [0.05, 0.1) is 17.3 Å². The van der Waals surface area contributed by atoms with Crippen molar-refractivity contribution >= 4 is 0 Å². The summed E-state index contributed by atoms with van der Waals surface area (Å²) < 4.78 is 15.7. The first-order valence-corrected chi connectivity index (χ1v) is 7.92. The van der Waals surface area contributed by atoms with Crippen LogP contribution in [0.25, 0.3) is 5.69 Å². The van der Waals surface area contributed by atoms with Gasteiger partial charge < -0.3 is 0 Å². The lowest BCUT2D eigenvalue weighted by Gasteiger charge is -2.25. The lowest BCUT2D eigenvalue weighted by Crippen LogP contribution is -2.22. The third-order valence-corrected chi connectivity index (χ3v) is 4.31. The van der Waals surface area contributed by atoms with E-state index in [9.17, 15) is 4.39 Å². The molecule has 1 atom stereocenters. The molecule has 0 aliphatic heterocycles. The molecule has 5 nitrogen and oxygen atoms in total. The Hall–Kier alpha value is -3.04. The summed E-state index contributed by atoms with van der Waals surface area (Å²) >= 11 is 0. The zero-order valence-corrected chi connectivity index (χ0v) is 14.1. The van der Waals surface area contributed by atoms with Crippen molar-refractivity contribution in [3.8, 4) is 11.8 Å². The molecule has 0 amide bonds. The Balaban J connectivity index is 1.74. The maximum Gasteiger partial charge on any atom is 0.138 e. The van der Waals surface area contributed by atoms with Gasteiger partial charge in [-0.05, 0) is 49.9 Å². The summed E-state index contributed by atoms with van der Waals surface area (Å²) in [5.74, 6) is -0.292. The van der Waals surface area contributed by atoms with Gasteiger partial charge in [-0.15, -0.1) is 0 Å². The highest BCUT2D eigenvalue weighted by molar-refractivity contribution is 5.35. The van der Waals surface area contributed by atoms with Crippen molar-refractivity contribution in [1.82, 2.24) is 19.7 Å². The summed E-state index contributed by atoms with van der Waals surface area (Å²) in [7, 11) is 1.94. The molecule has 0 saturated heterocycles. The second-order valence-electron chi connectivity index (χ2n) is 5.94. The Bertz CT molecular complexity index is 881. The number of benzene rings is 2. The van der Waals surface area contributed by atoms with E-state index in [4.69, 9.17) is 5.26 Å². The molecular weight excluding hydrogens is 317 g/mol. The molecular formula is C19H18FN5. The minimum absolute atomic E-state index is 0.0925. The maximum atomic E-state index is 14.0. The zero-order chi connectivity index (χ0) is 17.8. The lowest BCUT2D eigenvalue weighted by atomic mass is 10.1. The number of aromatic nitrogens is 3. The molecule has 3 rings (SSSR count). The fraction of sp³-hybridized carbons (Fsp3) is 0.211. The van der Waals surface area contributed by atoms with E-state index in [1.165, 1.54) is 18.5 Å². The van der Waals surface area contributed by atoms with Gasteiger partial charge in [0.2, 0.25) is 0 Å². The van der Waals surface area contributed by atoms with Crippen LogP contribution in [0, 0.1) is 17.1 Å². The van der Waals surface area contributed by atoms with Crippen LogP contribution in [0.1, 0.15) is 29.7 Å². The second-order valence-corrected chi connectivity index (χ2v) is 5.94. The van der Waals surface area contributed by atoms with Crippen molar-refractivity contribution < 1.29 is 4.39 Å². The van der Waals surface area contributed by atoms with E-state index >= 15 is 0 Å².